The Morgan fingerprint density at radius 3 is 2.90 bits per heavy atom. The van der Waals surface area contributed by atoms with Gasteiger partial charge in [0.2, 0.25) is 0 Å². The number of carbonyl (C=O) groups is 1. The topological polar surface area (TPSA) is 46.5 Å². The van der Waals surface area contributed by atoms with Crippen LogP contribution in [0.25, 0.3) is 0 Å². The van der Waals surface area contributed by atoms with E-state index in [2.05, 4.69) is 4.89 Å². The summed E-state index contributed by atoms with van der Waals surface area (Å²) in [5.41, 5.74) is 0.605. The van der Waals surface area contributed by atoms with E-state index in [1.165, 1.54) is 0 Å². The van der Waals surface area contributed by atoms with Gasteiger partial charge in [-0.2, -0.15) is 5.26 Å². The van der Waals surface area contributed by atoms with Crippen molar-refractivity contribution >= 4 is 5.97 Å². The van der Waals surface area contributed by atoms with Crippen LogP contribution in [-0.4, -0.2) is 11.2 Å². The number of hydrogen-bond donors (Lipinski definition) is 1. The molecule has 1 rings (SSSR count). The molecular weight excluding hydrogens is 132 g/mol. The van der Waals surface area contributed by atoms with Gasteiger partial charge in [0.05, 0.1) is 0 Å². The molecule has 10 heavy (non-hydrogen) atoms. The van der Waals surface area contributed by atoms with Gasteiger partial charge in [-0.05, 0) is 25.7 Å². The molecule has 0 fully saturated rings. The maximum absolute atomic E-state index is 10.6. The van der Waals surface area contributed by atoms with Crippen molar-refractivity contribution in [3.05, 3.63) is 11.6 Å². The van der Waals surface area contributed by atoms with Crippen LogP contribution in [0.3, 0.4) is 0 Å². The summed E-state index contributed by atoms with van der Waals surface area (Å²) in [5.74, 6) is -0.597. The predicted molar refractivity (Wildman–Crippen MR) is 35.3 cm³/mol. The molecule has 0 aromatic heterocycles. The normalized spacial score (nSPS) is 17.9. The van der Waals surface area contributed by atoms with Crippen LogP contribution in [0.5, 0.6) is 0 Å². The second kappa shape index (κ2) is 3.37. The molecule has 1 N–H and O–H groups in total. The lowest BCUT2D eigenvalue weighted by Gasteiger charge is -2.07. The minimum absolute atomic E-state index is 0.597. The fourth-order valence-corrected chi connectivity index (χ4v) is 1.08. The molecule has 0 atom stereocenters. The number of rotatable bonds is 1. The zero-order chi connectivity index (χ0) is 7.40. The molecule has 0 aliphatic heterocycles. The van der Waals surface area contributed by atoms with Crippen LogP contribution < -0.4 is 0 Å². The van der Waals surface area contributed by atoms with Gasteiger partial charge >= 0.3 is 5.97 Å². The Balaban J connectivity index is 2.53. The third-order valence-electron chi connectivity index (χ3n) is 1.64. The largest absolute Gasteiger partial charge is 0.368 e. The molecule has 0 heterocycles. The van der Waals surface area contributed by atoms with Gasteiger partial charge in [0, 0.05) is 5.57 Å². The highest BCUT2D eigenvalue weighted by Crippen LogP contribution is 2.17. The molecule has 0 radical (unpaired) electrons. The Labute approximate surface area is 59.2 Å². The molecule has 0 amide bonds. The molecule has 0 aromatic rings. The van der Waals surface area contributed by atoms with Crippen molar-refractivity contribution in [3.8, 4) is 0 Å². The average Bonchev–Trinajstić information content (AvgIpc) is 2.05. The lowest BCUT2D eigenvalue weighted by Crippen LogP contribution is -2.07. The molecule has 0 saturated carbocycles. The number of hydrogen-bond acceptors (Lipinski definition) is 3. The summed E-state index contributed by atoms with van der Waals surface area (Å²) in [6.45, 7) is 0. The minimum Gasteiger partial charge on any atom is -0.296 e. The van der Waals surface area contributed by atoms with Crippen molar-refractivity contribution < 1.29 is 14.9 Å². The molecule has 0 saturated heterocycles. The molecule has 1 aliphatic carbocycles. The Morgan fingerprint density at radius 2 is 2.40 bits per heavy atom. The smallest absolute Gasteiger partial charge is 0.296 e. The molecule has 3 heteroatoms. The molecule has 1 aliphatic rings. The fraction of sp³-hybridized carbons (Fsp3) is 0.571. The summed E-state index contributed by atoms with van der Waals surface area (Å²) in [6, 6.07) is 0. The van der Waals surface area contributed by atoms with Gasteiger partial charge in [0.15, 0.2) is 0 Å². The van der Waals surface area contributed by atoms with Crippen molar-refractivity contribution in [2.75, 3.05) is 0 Å². The van der Waals surface area contributed by atoms with Crippen LogP contribution in [0, 0.1) is 0 Å². The monoisotopic (exact) mass is 142 g/mol. The summed E-state index contributed by atoms with van der Waals surface area (Å²) in [5, 5.41) is 8.00. The SMILES string of the molecule is O=C(OO)C1=CCCCC1. The maximum Gasteiger partial charge on any atom is 0.368 e. The van der Waals surface area contributed by atoms with Crippen molar-refractivity contribution in [2.45, 2.75) is 25.7 Å². The lowest BCUT2D eigenvalue weighted by molar-refractivity contribution is -0.229. The van der Waals surface area contributed by atoms with Crippen molar-refractivity contribution in [2.24, 2.45) is 0 Å². The van der Waals surface area contributed by atoms with Gasteiger partial charge in [-0.1, -0.05) is 6.08 Å². The lowest BCUT2D eigenvalue weighted by atomic mass is 10.0. The first kappa shape index (κ1) is 7.28. The van der Waals surface area contributed by atoms with Gasteiger partial charge < -0.3 is 0 Å². The Bertz CT molecular complexity index is 160. The Morgan fingerprint density at radius 1 is 1.60 bits per heavy atom. The second-order valence-corrected chi connectivity index (χ2v) is 2.35. The van der Waals surface area contributed by atoms with Crippen LogP contribution in [0.4, 0.5) is 0 Å². The van der Waals surface area contributed by atoms with Crippen molar-refractivity contribution in [1.29, 1.82) is 0 Å². The van der Waals surface area contributed by atoms with Crippen molar-refractivity contribution in [3.63, 3.8) is 0 Å². The van der Waals surface area contributed by atoms with Crippen LogP contribution in [0.2, 0.25) is 0 Å². The molecule has 0 aromatic carbocycles. The molecule has 3 nitrogen and oxygen atoms in total. The summed E-state index contributed by atoms with van der Waals surface area (Å²) in [4.78, 5) is 14.2. The first-order valence-corrected chi connectivity index (χ1v) is 3.39. The van der Waals surface area contributed by atoms with E-state index >= 15 is 0 Å². The van der Waals surface area contributed by atoms with E-state index in [0.29, 0.717) is 5.57 Å². The zero-order valence-corrected chi connectivity index (χ0v) is 5.67. The molecule has 0 bridgehead atoms. The van der Waals surface area contributed by atoms with E-state index in [1.807, 2.05) is 6.08 Å². The van der Waals surface area contributed by atoms with E-state index < -0.39 is 5.97 Å². The van der Waals surface area contributed by atoms with E-state index in [1.54, 1.807) is 0 Å². The van der Waals surface area contributed by atoms with E-state index in [-0.39, 0.29) is 0 Å². The zero-order valence-electron chi connectivity index (χ0n) is 5.67. The summed E-state index contributed by atoms with van der Waals surface area (Å²) in [6.07, 6.45) is 5.62. The minimum atomic E-state index is -0.597. The third-order valence-corrected chi connectivity index (χ3v) is 1.64. The van der Waals surface area contributed by atoms with Gasteiger partial charge in [-0.15, -0.1) is 0 Å². The molecule has 0 unspecified atom stereocenters. The highest BCUT2D eigenvalue weighted by atomic mass is 17.1. The molecule has 0 spiro atoms. The highest BCUT2D eigenvalue weighted by molar-refractivity contribution is 5.87. The second-order valence-electron chi connectivity index (χ2n) is 2.35. The van der Waals surface area contributed by atoms with Gasteiger partial charge in [0.1, 0.15) is 0 Å². The van der Waals surface area contributed by atoms with E-state index in [0.717, 1.165) is 25.7 Å². The predicted octanol–water partition coefficient (Wildman–Crippen LogP) is 1.50. The summed E-state index contributed by atoms with van der Waals surface area (Å²) < 4.78 is 0. The van der Waals surface area contributed by atoms with Gasteiger partial charge in [0.25, 0.3) is 0 Å². The summed E-state index contributed by atoms with van der Waals surface area (Å²) >= 11 is 0. The average molecular weight is 142 g/mol. The van der Waals surface area contributed by atoms with Gasteiger partial charge in [-0.3, -0.25) is 4.89 Å². The van der Waals surface area contributed by atoms with Crippen LogP contribution >= 0.6 is 0 Å². The summed E-state index contributed by atoms with van der Waals surface area (Å²) in [7, 11) is 0. The molecule has 56 valence electrons. The maximum atomic E-state index is 10.6. The standard InChI is InChI=1S/C7H10O3/c8-7(10-9)6-4-2-1-3-5-6/h4,9H,1-3,5H2. The first-order valence-electron chi connectivity index (χ1n) is 3.39. The van der Waals surface area contributed by atoms with Gasteiger partial charge in [-0.25, -0.2) is 4.79 Å². The number of allylic oxidation sites excluding steroid dienone is 1. The van der Waals surface area contributed by atoms with Crippen LogP contribution in [-0.2, 0) is 9.68 Å². The van der Waals surface area contributed by atoms with E-state index in [9.17, 15) is 4.79 Å². The highest BCUT2D eigenvalue weighted by Gasteiger charge is 2.12. The fourth-order valence-electron chi connectivity index (χ4n) is 1.08. The van der Waals surface area contributed by atoms with Crippen molar-refractivity contribution in [1.82, 2.24) is 0 Å². The van der Waals surface area contributed by atoms with Crippen LogP contribution in [0.15, 0.2) is 11.6 Å². The number of carbonyl (C=O) groups excluding carboxylic acids is 1. The Kier molecular flexibility index (Phi) is 2.45. The third kappa shape index (κ3) is 1.57. The molecular formula is C7H10O3. The Hall–Kier alpha value is -0.830. The van der Waals surface area contributed by atoms with E-state index in [4.69, 9.17) is 5.26 Å². The first-order chi connectivity index (χ1) is 4.84. The van der Waals surface area contributed by atoms with Crippen LogP contribution in [0.1, 0.15) is 25.7 Å². The quantitative estimate of drug-likeness (QED) is 0.445.